The topological polar surface area (TPSA) is 82.6 Å². The van der Waals surface area contributed by atoms with Crippen molar-refractivity contribution in [2.45, 2.75) is 38.8 Å². The largest absolute Gasteiger partial charge is 0.394 e. The lowest BCUT2D eigenvalue weighted by Crippen LogP contribution is -2.40. The first-order chi connectivity index (χ1) is 9.53. The van der Waals surface area contributed by atoms with Crippen LogP contribution < -0.4 is 10.6 Å². The van der Waals surface area contributed by atoms with Crippen molar-refractivity contribution in [1.82, 2.24) is 4.98 Å². The minimum Gasteiger partial charge on any atom is -0.394 e. The van der Waals surface area contributed by atoms with Crippen LogP contribution in [0.5, 0.6) is 0 Å². The average Bonchev–Trinajstić information content (AvgIpc) is 2.44. The number of aromatic nitrogens is 1. The van der Waals surface area contributed by atoms with Crippen LogP contribution in [0.15, 0.2) is 12.3 Å². The van der Waals surface area contributed by atoms with E-state index in [-0.39, 0.29) is 24.9 Å². The minimum absolute atomic E-state index is 0.00540. The van der Waals surface area contributed by atoms with Gasteiger partial charge >= 0.3 is 0 Å². The number of halogens is 1. The molecule has 0 bridgehead atoms. The average molecular weight is 285 g/mol. The van der Waals surface area contributed by atoms with Crippen molar-refractivity contribution >= 4 is 5.82 Å². The smallest absolute Gasteiger partial charge is 0.165 e. The molecule has 0 aliphatic carbocycles. The molecule has 0 saturated heterocycles. The molecule has 0 aromatic carbocycles. The summed E-state index contributed by atoms with van der Waals surface area (Å²) < 4.78 is 14.2. The van der Waals surface area contributed by atoms with E-state index in [4.69, 9.17) is 10.8 Å². The molecule has 0 aliphatic rings. The first kappa shape index (κ1) is 16.8. The molecule has 114 valence electrons. The molecule has 0 unspecified atom stereocenters. The van der Waals surface area contributed by atoms with Gasteiger partial charge in [0.1, 0.15) is 0 Å². The van der Waals surface area contributed by atoms with Gasteiger partial charge in [0.05, 0.1) is 12.7 Å². The maximum Gasteiger partial charge on any atom is 0.165 e. The second-order valence-electron chi connectivity index (χ2n) is 4.97. The highest BCUT2D eigenvalue weighted by atomic mass is 19.1. The summed E-state index contributed by atoms with van der Waals surface area (Å²) in [5.41, 5.74) is 6.21. The predicted molar refractivity (Wildman–Crippen MR) is 77.1 cm³/mol. The fourth-order valence-corrected chi connectivity index (χ4v) is 2.03. The summed E-state index contributed by atoms with van der Waals surface area (Å²) in [6, 6.07) is 1.36. The van der Waals surface area contributed by atoms with Gasteiger partial charge in [0, 0.05) is 31.7 Å². The Morgan fingerprint density at radius 3 is 2.70 bits per heavy atom. The number of pyridine rings is 1. The number of nitrogens with two attached hydrogens (primary N) is 1. The van der Waals surface area contributed by atoms with Crippen molar-refractivity contribution in [3.8, 4) is 0 Å². The first-order valence-corrected chi connectivity index (χ1v) is 6.93. The molecular weight excluding hydrogens is 261 g/mol. The van der Waals surface area contributed by atoms with Crippen LogP contribution in [0.4, 0.5) is 10.2 Å². The summed E-state index contributed by atoms with van der Waals surface area (Å²) in [6.45, 7) is 4.70. The lowest BCUT2D eigenvalue weighted by molar-refractivity contribution is 0.0954. The lowest BCUT2D eigenvalue weighted by Gasteiger charge is -2.29. The summed E-state index contributed by atoms with van der Waals surface area (Å²) in [6.07, 6.45) is 1.69. The molecule has 0 fully saturated rings. The zero-order chi connectivity index (χ0) is 15.1. The van der Waals surface area contributed by atoms with Crippen LogP contribution in [-0.4, -0.2) is 47.0 Å². The number of aliphatic hydroxyl groups excluding tert-OH is 2. The molecule has 4 N–H and O–H groups in total. The number of hydrogen-bond acceptors (Lipinski definition) is 5. The quantitative estimate of drug-likeness (QED) is 0.654. The number of nitrogens with zero attached hydrogens (tertiary/aromatic N) is 2. The molecule has 1 heterocycles. The molecule has 2 atom stereocenters. The maximum atomic E-state index is 14.2. The Kier molecular flexibility index (Phi) is 6.84. The molecule has 0 radical (unpaired) electrons. The van der Waals surface area contributed by atoms with Gasteiger partial charge in [-0.15, -0.1) is 0 Å². The number of anilines is 1. The normalized spacial score (nSPS) is 14.1. The molecule has 1 aromatic heterocycles. The Morgan fingerprint density at radius 2 is 2.20 bits per heavy atom. The minimum atomic E-state index is -0.892. The fourth-order valence-electron chi connectivity index (χ4n) is 2.03. The van der Waals surface area contributed by atoms with Crippen molar-refractivity contribution in [2.75, 3.05) is 24.6 Å². The molecular formula is C14H24FN3O2. The molecule has 0 spiro atoms. The third-order valence-corrected chi connectivity index (χ3v) is 3.17. The number of aliphatic hydroxyl groups is 2. The summed E-state index contributed by atoms with van der Waals surface area (Å²) in [5.74, 6) is -0.145. The van der Waals surface area contributed by atoms with E-state index >= 15 is 0 Å². The van der Waals surface area contributed by atoms with Crippen LogP contribution in [-0.2, 0) is 6.42 Å². The highest BCUT2D eigenvalue weighted by Crippen LogP contribution is 2.20. The molecule has 0 amide bonds. The first-order valence-electron chi connectivity index (χ1n) is 6.93. The van der Waals surface area contributed by atoms with E-state index in [0.717, 1.165) is 6.42 Å². The third kappa shape index (κ3) is 4.40. The van der Waals surface area contributed by atoms with Crippen molar-refractivity contribution in [1.29, 1.82) is 0 Å². The van der Waals surface area contributed by atoms with Crippen LogP contribution in [0.25, 0.3) is 0 Å². The van der Waals surface area contributed by atoms with Crippen LogP contribution >= 0.6 is 0 Å². The molecule has 1 aromatic rings. The molecule has 5 nitrogen and oxygen atoms in total. The van der Waals surface area contributed by atoms with Crippen molar-refractivity contribution in [2.24, 2.45) is 5.73 Å². The van der Waals surface area contributed by atoms with Crippen LogP contribution in [0.3, 0.4) is 0 Å². The van der Waals surface area contributed by atoms with Crippen LogP contribution in [0, 0.1) is 5.82 Å². The van der Waals surface area contributed by atoms with Gasteiger partial charge in [-0.2, -0.15) is 0 Å². The van der Waals surface area contributed by atoms with Gasteiger partial charge in [-0.1, -0.05) is 6.92 Å². The van der Waals surface area contributed by atoms with E-state index < -0.39 is 11.9 Å². The van der Waals surface area contributed by atoms with Crippen molar-refractivity contribution in [3.05, 3.63) is 23.6 Å². The summed E-state index contributed by atoms with van der Waals surface area (Å²) in [4.78, 5) is 6.00. The fraction of sp³-hybridized carbons (Fsp3) is 0.643. The standard InChI is InChI=1S/C14H24FN3O2/c1-3-4-18(10(2)7-16)14-13(15)6-11(8-17-14)5-12(20)9-19/h6,8,10,12,19-20H,3-5,7,9,16H2,1-2H3/t10-,12+/m0/s1. The van der Waals surface area contributed by atoms with Gasteiger partial charge in [-0.05, 0) is 25.0 Å². The third-order valence-electron chi connectivity index (χ3n) is 3.17. The molecule has 20 heavy (non-hydrogen) atoms. The van der Waals surface area contributed by atoms with E-state index in [1.807, 2.05) is 18.7 Å². The van der Waals surface area contributed by atoms with Gasteiger partial charge in [-0.25, -0.2) is 9.37 Å². The van der Waals surface area contributed by atoms with Crippen molar-refractivity contribution < 1.29 is 14.6 Å². The van der Waals surface area contributed by atoms with Gasteiger partial charge < -0.3 is 20.8 Å². The summed E-state index contributed by atoms with van der Waals surface area (Å²) >= 11 is 0. The van der Waals surface area contributed by atoms with E-state index in [0.29, 0.717) is 18.7 Å². The molecule has 1 rings (SSSR count). The van der Waals surface area contributed by atoms with E-state index in [1.165, 1.54) is 12.3 Å². The zero-order valence-corrected chi connectivity index (χ0v) is 12.1. The van der Waals surface area contributed by atoms with Crippen molar-refractivity contribution in [3.63, 3.8) is 0 Å². The van der Waals surface area contributed by atoms with Crippen LogP contribution in [0.1, 0.15) is 25.8 Å². The van der Waals surface area contributed by atoms with E-state index in [9.17, 15) is 9.50 Å². The monoisotopic (exact) mass is 285 g/mol. The highest BCUT2D eigenvalue weighted by Gasteiger charge is 2.18. The molecule has 6 heteroatoms. The SMILES string of the molecule is CCCN(c1ncc(C[C@@H](O)CO)cc1F)[C@@H](C)CN. The predicted octanol–water partition coefficient (Wildman–Crippen LogP) is 0.680. The zero-order valence-electron chi connectivity index (χ0n) is 12.1. The van der Waals surface area contributed by atoms with E-state index in [1.54, 1.807) is 0 Å². The van der Waals surface area contributed by atoms with E-state index in [2.05, 4.69) is 4.98 Å². The van der Waals surface area contributed by atoms with Gasteiger partial charge in [0.15, 0.2) is 11.6 Å². The van der Waals surface area contributed by atoms with Crippen LogP contribution in [0.2, 0.25) is 0 Å². The van der Waals surface area contributed by atoms with Gasteiger partial charge in [0.25, 0.3) is 0 Å². The summed E-state index contributed by atoms with van der Waals surface area (Å²) in [7, 11) is 0. The molecule has 0 saturated carbocycles. The second kappa shape index (κ2) is 8.14. The maximum absolute atomic E-state index is 14.2. The number of rotatable bonds is 8. The Balaban J connectivity index is 2.94. The molecule has 0 aliphatic heterocycles. The number of hydrogen-bond donors (Lipinski definition) is 3. The Labute approximate surface area is 119 Å². The van der Waals surface area contributed by atoms with Gasteiger partial charge in [0.2, 0.25) is 0 Å². The Hall–Kier alpha value is -1.24. The highest BCUT2D eigenvalue weighted by molar-refractivity contribution is 5.42. The second-order valence-corrected chi connectivity index (χ2v) is 4.97. The Morgan fingerprint density at radius 1 is 1.50 bits per heavy atom. The lowest BCUT2D eigenvalue weighted by atomic mass is 10.1. The van der Waals surface area contributed by atoms with Gasteiger partial charge in [-0.3, -0.25) is 0 Å². The summed E-state index contributed by atoms with van der Waals surface area (Å²) in [5, 5.41) is 18.2. The Bertz CT molecular complexity index is 417.